The summed E-state index contributed by atoms with van der Waals surface area (Å²) in [6.07, 6.45) is 4.79. The maximum atomic E-state index is 12.4. The number of carbonyl (C=O) groups is 1. The Labute approximate surface area is 127 Å². The fraction of sp³-hybridized carbons (Fsp3) is 0.467. The molecule has 0 bridgehead atoms. The second-order valence-electron chi connectivity index (χ2n) is 5.60. The average Bonchev–Trinajstić information content (AvgIpc) is 3.09. The predicted molar refractivity (Wildman–Crippen MR) is 80.3 cm³/mol. The van der Waals surface area contributed by atoms with Crippen LogP contribution in [0.1, 0.15) is 36.6 Å². The SMILES string of the molecule is O=C(CCc1ccc(=O)[nH]n1)N1CCC[C@H](c2ccn[nH]2)C1. The third-order valence-corrected chi connectivity index (χ3v) is 4.07. The molecule has 2 aromatic rings. The van der Waals surface area contributed by atoms with Crippen LogP contribution in [0.25, 0.3) is 0 Å². The Balaban J connectivity index is 1.55. The predicted octanol–water partition coefficient (Wildman–Crippen LogP) is 0.832. The molecule has 3 rings (SSSR count). The van der Waals surface area contributed by atoms with E-state index in [1.54, 1.807) is 12.3 Å². The van der Waals surface area contributed by atoms with Crippen LogP contribution in [0.4, 0.5) is 0 Å². The van der Waals surface area contributed by atoms with Gasteiger partial charge in [0.15, 0.2) is 0 Å². The van der Waals surface area contributed by atoms with Crippen molar-refractivity contribution in [2.75, 3.05) is 13.1 Å². The Morgan fingerprint density at radius 2 is 2.23 bits per heavy atom. The van der Waals surface area contributed by atoms with Gasteiger partial charge in [0.1, 0.15) is 0 Å². The number of nitrogens with one attached hydrogen (secondary N) is 2. The summed E-state index contributed by atoms with van der Waals surface area (Å²) in [6, 6.07) is 5.07. The molecule has 0 unspecified atom stereocenters. The first-order valence-corrected chi connectivity index (χ1v) is 7.54. The van der Waals surface area contributed by atoms with Gasteiger partial charge in [-0.2, -0.15) is 10.2 Å². The van der Waals surface area contributed by atoms with Crippen LogP contribution in [0.5, 0.6) is 0 Å². The third-order valence-electron chi connectivity index (χ3n) is 4.07. The molecule has 0 aliphatic carbocycles. The Hall–Kier alpha value is -2.44. The molecule has 2 N–H and O–H groups in total. The van der Waals surface area contributed by atoms with Gasteiger partial charge in [0.2, 0.25) is 5.91 Å². The largest absolute Gasteiger partial charge is 0.342 e. The number of piperidine rings is 1. The molecule has 1 saturated heterocycles. The molecule has 0 saturated carbocycles. The van der Waals surface area contributed by atoms with Crippen LogP contribution < -0.4 is 5.56 Å². The monoisotopic (exact) mass is 301 g/mol. The van der Waals surface area contributed by atoms with E-state index in [9.17, 15) is 9.59 Å². The Kier molecular flexibility index (Phi) is 4.32. The number of aromatic nitrogens is 4. The minimum Gasteiger partial charge on any atom is -0.342 e. The number of aryl methyl sites for hydroxylation is 1. The van der Waals surface area contributed by atoms with Crippen molar-refractivity contribution in [1.82, 2.24) is 25.3 Å². The second-order valence-corrected chi connectivity index (χ2v) is 5.60. The van der Waals surface area contributed by atoms with Crippen molar-refractivity contribution in [3.05, 3.63) is 46.1 Å². The van der Waals surface area contributed by atoms with E-state index >= 15 is 0 Å². The number of aromatic amines is 2. The molecule has 1 fully saturated rings. The van der Waals surface area contributed by atoms with Crippen molar-refractivity contribution in [3.63, 3.8) is 0 Å². The summed E-state index contributed by atoms with van der Waals surface area (Å²) >= 11 is 0. The number of carbonyl (C=O) groups excluding carboxylic acids is 1. The van der Waals surface area contributed by atoms with Gasteiger partial charge in [-0.25, -0.2) is 5.10 Å². The fourth-order valence-corrected chi connectivity index (χ4v) is 2.86. The van der Waals surface area contributed by atoms with Gasteiger partial charge in [0.05, 0.1) is 5.69 Å². The van der Waals surface area contributed by atoms with E-state index < -0.39 is 0 Å². The van der Waals surface area contributed by atoms with Crippen LogP contribution in [0.3, 0.4) is 0 Å². The van der Waals surface area contributed by atoms with E-state index in [1.165, 1.54) is 6.07 Å². The van der Waals surface area contributed by atoms with E-state index in [2.05, 4.69) is 20.4 Å². The molecule has 22 heavy (non-hydrogen) atoms. The van der Waals surface area contributed by atoms with Gasteiger partial charge in [0.25, 0.3) is 5.56 Å². The molecule has 7 nitrogen and oxygen atoms in total. The molecule has 2 aromatic heterocycles. The highest BCUT2D eigenvalue weighted by atomic mass is 16.2. The van der Waals surface area contributed by atoms with Crippen molar-refractivity contribution in [1.29, 1.82) is 0 Å². The zero-order valence-corrected chi connectivity index (χ0v) is 12.3. The maximum absolute atomic E-state index is 12.4. The highest BCUT2D eigenvalue weighted by Gasteiger charge is 2.25. The first-order chi connectivity index (χ1) is 10.7. The summed E-state index contributed by atoms with van der Waals surface area (Å²) in [5.41, 5.74) is 1.60. The third kappa shape index (κ3) is 3.41. The number of hydrogen-bond acceptors (Lipinski definition) is 4. The lowest BCUT2D eigenvalue weighted by molar-refractivity contribution is -0.132. The van der Waals surface area contributed by atoms with Gasteiger partial charge in [0, 0.05) is 49.8 Å². The van der Waals surface area contributed by atoms with Crippen molar-refractivity contribution < 1.29 is 4.79 Å². The van der Waals surface area contributed by atoms with E-state index in [0.29, 0.717) is 18.8 Å². The number of hydrogen-bond donors (Lipinski definition) is 2. The lowest BCUT2D eigenvalue weighted by Crippen LogP contribution is -2.39. The summed E-state index contributed by atoms with van der Waals surface area (Å²) < 4.78 is 0. The topological polar surface area (TPSA) is 94.7 Å². The Morgan fingerprint density at radius 1 is 1.32 bits per heavy atom. The summed E-state index contributed by atoms with van der Waals surface area (Å²) in [5, 5.41) is 13.3. The van der Waals surface area contributed by atoms with Crippen molar-refractivity contribution >= 4 is 5.91 Å². The highest BCUT2D eigenvalue weighted by molar-refractivity contribution is 5.76. The number of likely N-dealkylation sites (tertiary alicyclic amines) is 1. The zero-order chi connectivity index (χ0) is 15.4. The lowest BCUT2D eigenvalue weighted by Gasteiger charge is -2.32. The second kappa shape index (κ2) is 6.55. The van der Waals surface area contributed by atoms with Gasteiger partial charge < -0.3 is 4.90 Å². The summed E-state index contributed by atoms with van der Waals surface area (Å²) in [5.74, 6) is 0.476. The molecule has 1 amide bonds. The van der Waals surface area contributed by atoms with Crippen LogP contribution >= 0.6 is 0 Å². The lowest BCUT2D eigenvalue weighted by atomic mass is 9.94. The van der Waals surface area contributed by atoms with Gasteiger partial charge >= 0.3 is 0 Å². The van der Waals surface area contributed by atoms with Crippen LogP contribution in [0.15, 0.2) is 29.2 Å². The van der Waals surface area contributed by atoms with E-state index in [4.69, 9.17) is 0 Å². The number of amides is 1. The van der Waals surface area contributed by atoms with Gasteiger partial charge in [-0.1, -0.05) is 0 Å². The van der Waals surface area contributed by atoms with Crippen molar-refractivity contribution in [2.24, 2.45) is 0 Å². The number of nitrogens with zero attached hydrogens (tertiary/aromatic N) is 3. The van der Waals surface area contributed by atoms with E-state index in [-0.39, 0.29) is 11.5 Å². The smallest absolute Gasteiger partial charge is 0.264 e. The molecule has 0 aromatic carbocycles. The van der Waals surface area contributed by atoms with Crippen LogP contribution in [0.2, 0.25) is 0 Å². The molecule has 7 heteroatoms. The van der Waals surface area contributed by atoms with Crippen molar-refractivity contribution in [3.8, 4) is 0 Å². The molecular formula is C15H19N5O2. The van der Waals surface area contributed by atoms with Crippen LogP contribution in [-0.4, -0.2) is 44.3 Å². The standard InChI is InChI=1S/C15H19N5O2/c21-14-5-3-12(17-19-14)4-6-15(22)20-9-1-2-11(10-20)13-7-8-16-18-13/h3,5,7-8,11H,1-2,4,6,9-10H2,(H,16,18)(H,19,21)/t11-/m0/s1. The molecular weight excluding hydrogens is 282 g/mol. The van der Waals surface area contributed by atoms with E-state index in [1.807, 2.05) is 11.0 Å². The molecule has 1 aliphatic rings. The first kappa shape index (κ1) is 14.5. The fourth-order valence-electron chi connectivity index (χ4n) is 2.86. The molecule has 0 radical (unpaired) electrons. The zero-order valence-electron chi connectivity index (χ0n) is 12.3. The molecule has 116 valence electrons. The first-order valence-electron chi connectivity index (χ1n) is 7.54. The summed E-state index contributed by atoms with van der Waals surface area (Å²) in [7, 11) is 0. The number of rotatable bonds is 4. The minimum absolute atomic E-state index is 0.136. The molecule has 1 atom stereocenters. The molecule has 3 heterocycles. The van der Waals surface area contributed by atoms with Gasteiger partial charge in [-0.05, 0) is 25.0 Å². The highest BCUT2D eigenvalue weighted by Crippen LogP contribution is 2.25. The average molecular weight is 301 g/mol. The van der Waals surface area contributed by atoms with Gasteiger partial charge in [-0.3, -0.25) is 14.7 Å². The Bertz CT molecular complexity index is 659. The van der Waals surface area contributed by atoms with Gasteiger partial charge in [-0.15, -0.1) is 0 Å². The maximum Gasteiger partial charge on any atom is 0.264 e. The van der Waals surface area contributed by atoms with E-state index in [0.717, 1.165) is 37.3 Å². The normalized spacial score (nSPS) is 18.4. The quantitative estimate of drug-likeness (QED) is 0.874. The summed E-state index contributed by atoms with van der Waals surface area (Å²) in [4.78, 5) is 25.2. The Morgan fingerprint density at radius 3 is 2.95 bits per heavy atom. The summed E-state index contributed by atoms with van der Waals surface area (Å²) in [6.45, 7) is 1.54. The van der Waals surface area contributed by atoms with Crippen molar-refractivity contribution in [2.45, 2.75) is 31.6 Å². The van der Waals surface area contributed by atoms with Crippen LogP contribution in [-0.2, 0) is 11.2 Å². The number of H-pyrrole nitrogens is 2. The molecule has 1 aliphatic heterocycles. The molecule has 0 spiro atoms. The van der Waals surface area contributed by atoms with Crippen LogP contribution in [0, 0.1) is 0 Å². The minimum atomic E-state index is -0.228.